The molecular formula is C17H21NO7. The number of hydrogen-bond donors (Lipinski definition) is 1. The van der Waals surface area contributed by atoms with Crippen LogP contribution in [0.4, 0.5) is 5.69 Å². The van der Waals surface area contributed by atoms with Crippen molar-refractivity contribution in [3.63, 3.8) is 0 Å². The van der Waals surface area contributed by atoms with E-state index in [0.717, 1.165) is 5.56 Å². The van der Waals surface area contributed by atoms with Crippen LogP contribution in [0.25, 0.3) is 0 Å². The van der Waals surface area contributed by atoms with Gasteiger partial charge in [-0.15, -0.1) is 0 Å². The molecule has 0 saturated carbocycles. The number of benzene rings is 1. The Bertz CT molecular complexity index is 684. The third-order valence-corrected chi connectivity index (χ3v) is 3.73. The van der Waals surface area contributed by atoms with Crippen LogP contribution in [-0.4, -0.2) is 58.3 Å². The molecule has 0 aliphatic carbocycles. The van der Waals surface area contributed by atoms with Gasteiger partial charge in [0.25, 0.3) is 0 Å². The Morgan fingerprint density at radius 1 is 1.16 bits per heavy atom. The normalized spacial score (nSPS) is 14.3. The largest absolute Gasteiger partial charge is 0.497 e. The fourth-order valence-electron chi connectivity index (χ4n) is 2.54. The number of nitrogens with zero attached hydrogens (tertiary/aromatic N) is 1. The first-order valence-corrected chi connectivity index (χ1v) is 7.59. The van der Waals surface area contributed by atoms with Crippen LogP contribution in [-0.2, 0) is 30.2 Å². The number of anilines is 1. The molecule has 8 heteroatoms. The molecule has 1 aliphatic rings. The summed E-state index contributed by atoms with van der Waals surface area (Å²) in [5, 5.41) is 9.19. The lowest BCUT2D eigenvalue weighted by Crippen LogP contribution is -2.38. The standard InChI is InChI=1S/C17H21NO7/c1-22-13-7-11(4-5-19)6-12(8-13)18-10-25-9-14(16(20)23-2)15(18)17(21)24-3/h6-8,19H,4-5,9-10H2,1-3H3. The number of rotatable bonds is 6. The van der Waals surface area contributed by atoms with Crippen molar-refractivity contribution in [3.8, 4) is 5.75 Å². The van der Waals surface area contributed by atoms with Gasteiger partial charge in [0.15, 0.2) is 0 Å². The second kappa shape index (κ2) is 8.50. The fraction of sp³-hybridized carbons (Fsp3) is 0.412. The number of ether oxygens (including phenoxy) is 4. The molecule has 1 N–H and O–H groups in total. The Morgan fingerprint density at radius 3 is 2.48 bits per heavy atom. The summed E-state index contributed by atoms with van der Waals surface area (Å²) in [4.78, 5) is 25.8. The fourth-order valence-corrected chi connectivity index (χ4v) is 2.54. The summed E-state index contributed by atoms with van der Waals surface area (Å²) in [6.45, 7) is -0.0338. The smallest absolute Gasteiger partial charge is 0.355 e. The van der Waals surface area contributed by atoms with E-state index in [9.17, 15) is 14.7 Å². The molecule has 0 radical (unpaired) electrons. The number of aliphatic hydroxyl groups is 1. The topological polar surface area (TPSA) is 94.5 Å². The summed E-state index contributed by atoms with van der Waals surface area (Å²) in [5.74, 6) is -0.783. The zero-order chi connectivity index (χ0) is 18.4. The molecule has 0 bridgehead atoms. The van der Waals surface area contributed by atoms with Gasteiger partial charge in [0.2, 0.25) is 0 Å². The Kier molecular flexibility index (Phi) is 6.37. The van der Waals surface area contributed by atoms with Crippen LogP contribution in [0.3, 0.4) is 0 Å². The number of carbonyl (C=O) groups excluding carboxylic acids is 2. The monoisotopic (exact) mass is 351 g/mol. The lowest BCUT2D eigenvalue weighted by molar-refractivity contribution is -0.140. The SMILES string of the molecule is COC(=O)C1=C(C(=O)OC)N(c2cc(CCO)cc(OC)c2)COC1. The average molecular weight is 351 g/mol. The summed E-state index contributed by atoms with van der Waals surface area (Å²) in [5.41, 5.74) is 1.52. The predicted molar refractivity (Wildman–Crippen MR) is 88.1 cm³/mol. The Balaban J connectivity index is 2.56. The van der Waals surface area contributed by atoms with Gasteiger partial charge in [0.1, 0.15) is 18.2 Å². The summed E-state index contributed by atoms with van der Waals surface area (Å²) in [6.07, 6.45) is 0.417. The molecule has 0 amide bonds. The lowest BCUT2D eigenvalue weighted by Gasteiger charge is -2.31. The molecule has 0 unspecified atom stereocenters. The second-order valence-electron chi connectivity index (χ2n) is 5.23. The Morgan fingerprint density at radius 2 is 1.88 bits per heavy atom. The van der Waals surface area contributed by atoms with Crippen LogP contribution in [0.1, 0.15) is 5.56 Å². The van der Waals surface area contributed by atoms with Crippen LogP contribution in [0.15, 0.2) is 29.5 Å². The maximum Gasteiger partial charge on any atom is 0.355 e. The van der Waals surface area contributed by atoms with Crippen molar-refractivity contribution in [1.29, 1.82) is 0 Å². The molecule has 0 atom stereocenters. The van der Waals surface area contributed by atoms with Gasteiger partial charge in [-0.1, -0.05) is 0 Å². The van der Waals surface area contributed by atoms with Crippen molar-refractivity contribution in [1.82, 2.24) is 0 Å². The van der Waals surface area contributed by atoms with Crippen molar-refractivity contribution in [2.45, 2.75) is 6.42 Å². The van der Waals surface area contributed by atoms with Crippen LogP contribution >= 0.6 is 0 Å². The lowest BCUT2D eigenvalue weighted by atomic mass is 10.1. The van der Waals surface area contributed by atoms with Crippen molar-refractivity contribution in [2.75, 3.05) is 46.2 Å². The van der Waals surface area contributed by atoms with Gasteiger partial charge in [0.05, 0.1) is 33.5 Å². The zero-order valence-electron chi connectivity index (χ0n) is 14.4. The first-order valence-electron chi connectivity index (χ1n) is 7.59. The van der Waals surface area contributed by atoms with Gasteiger partial charge < -0.3 is 29.0 Å². The van der Waals surface area contributed by atoms with Gasteiger partial charge in [-0.3, -0.25) is 0 Å². The van der Waals surface area contributed by atoms with E-state index in [4.69, 9.17) is 18.9 Å². The van der Waals surface area contributed by atoms with E-state index in [1.54, 1.807) is 18.2 Å². The van der Waals surface area contributed by atoms with E-state index in [0.29, 0.717) is 17.9 Å². The highest BCUT2D eigenvalue weighted by Gasteiger charge is 2.32. The van der Waals surface area contributed by atoms with Gasteiger partial charge in [0, 0.05) is 18.4 Å². The van der Waals surface area contributed by atoms with E-state index in [1.807, 2.05) is 0 Å². The van der Waals surface area contributed by atoms with E-state index < -0.39 is 11.9 Å². The highest BCUT2D eigenvalue weighted by atomic mass is 16.5. The molecule has 0 fully saturated rings. The minimum Gasteiger partial charge on any atom is -0.497 e. The average Bonchev–Trinajstić information content (AvgIpc) is 2.66. The molecule has 1 heterocycles. The molecule has 0 aromatic heterocycles. The van der Waals surface area contributed by atoms with E-state index >= 15 is 0 Å². The maximum absolute atomic E-state index is 12.3. The number of hydrogen-bond acceptors (Lipinski definition) is 8. The summed E-state index contributed by atoms with van der Waals surface area (Å²) in [7, 11) is 3.99. The molecule has 25 heavy (non-hydrogen) atoms. The molecule has 136 valence electrons. The van der Waals surface area contributed by atoms with E-state index in [-0.39, 0.29) is 31.2 Å². The molecule has 1 aromatic carbocycles. The third kappa shape index (κ3) is 4.09. The maximum atomic E-state index is 12.3. The van der Waals surface area contributed by atoms with Gasteiger partial charge in [-0.05, 0) is 24.1 Å². The number of esters is 2. The molecular weight excluding hydrogens is 330 g/mol. The summed E-state index contributed by atoms with van der Waals surface area (Å²) in [6, 6.07) is 5.27. The molecule has 8 nitrogen and oxygen atoms in total. The van der Waals surface area contributed by atoms with Crippen LogP contribution in [0, 0.1) is 0 Å². The first-order chi connectivity index (χ1) is 12.0. The van der Waals surface area contributed by atoms with Gasteiger partial charge in [-0.25, -0.2) is 9.59 Å². The molecule has 2 rings (SSSR count). The van der Waals surface area contributed by atoms with Crippen molar-refractivity contribution in [3.05, 3.63) is 35.0 Å². The first kappa shape index (κ1) is 18.8. The second-order valence-corrected chi connectivity index (χ2v) is 5.23. The number of carbonyl (C=O) groups is 2. The number of aliphatic hydroxyl groups excluding tert-OH is 1. The van der Waals surface area contributed by atoms with Crippen LogP contribution in [0.2, 0.25) is 0 Å². The zero-order valence-corrected chi connectivity index (χ0v) is 14.4. The third-order valence-electron chi connectivity index (χ3n) is 3.73. The van der Waals surface area contributed by atoms with Crippen LogP contribution < -0.4 is 9.64 Å². The predicted octanol–water partition coefficient (Wildman–Crippen LogP) is 0.624. The van der Waals surface area contributed by atoms with Crippen molar-refractivity contribution >= 4 is 17.6 Å². The molecule has 0 spiro atoms. The molecule has 1 aliphatic heterocycles. The van der Waals surface area contributed by atoms with E-state index in [1.165, 1.54) is 26.2 Å². The number of methoxy groups -OCH3 is 3. The minimum absolute atomic E-state index is 0.0315. The van der Waals surface area contributed by atoms with E-state index in [2.05, 4.69) is 0 Å². The van der Waals surface area contributed by atoms with Crippen molar-refractivity contribution in [2.24, 2.45) is 0 Å². The quantitative estimate of drug-likeness (QED) is 0.746. The Labute approximate surface area is 145 Å². The summed E-state index contributed by atoms with van der Waals surface area (Å²) < 4.78 is 20.3. The highest BCUT2D eigenvalue weighted by Crippen LogP contribution is 2.30. The van der Waals surface area contributed by atoms with Gasteiger partial charge in [-0.2, -0.15) is 0 Å². The highest BCUT2D eigenvalue weighted by molar-refractivity contribution is 6.03. The van der Waals surface area contributed by atoms with Crippen LogP contribution in [0.5, 0.6) is 5.75 Å². The summed E-state index contributed by atoms with van der Waals surface area (Å²) >= 11 is 0. The minimum atomic E-state index is -0.671. The molecule has 1 aromatic rings. The molecule has 0 saturated heterocycles. The van der Waals surface area contributed by atoms with Gasteiger partial charge >= 0.3 is 11.9 Å². The van der Waals surface area contributed by atoms with Crippen molar-refractivity contribution < 1.29 is 33.6 Å². The Hall–Kier alpha value is -2.58.